The molecule has 2 atom stereocenters. The Morgan fingerprint density at radius 2 is 1.10 bits per heavy atom. The normalized spacial score (nSPS) is 12.4. The number of aliphatic hydroxyl groups is 2. The Bertz CT molecular complexity index is 234. The first-order valence-corrected chi connectivity index (χ1v) is 7.13. The zero-order valence-electron chi connectivity index (χ0n) is 13.1. The molecule has 0 bridgehead atoms. The molecule has 0 aliphatic carbocycles. The first-order chi connectivity index (χ1) is 9.45. The monoisotopic (exact) mass is 309 g/mol. The van der Waals surface area contributed by atoms with Crippen molar-refractivity contribution in [2.75, 3.05) is 13.2 Å². The van der Waals surface area contributed by atoms with Gasteiger partial charge in [0.25, 0.3) is 0 Å². The van der Waals surface area contributed by atoms with Crippen LogP contribution >= 0.6 is 0 Å². The van der Waals surface area contributed by atoms with Crippen molar-refractivity contribution in [3.05, 3.63) is 0 Å². The number of unbranched alkanes of at least 4 members (excludes halogenated alkanes) is 2. The summed E-state index contributed by atoms with van der Waals surface area (Å²) in [5, 5.41) is 33.4. The summed E-state index contributed by atoms with van der Waals surface area (Å²) in [6.07, 6.45) is 4.26. The van der Waals surface area contributed by atoms with Gasteiger partial charge in [0.05, 0.1) is 25.0 Å². The van der Waals surface area contributed by atoms with E-state index in [1.165, 1.54) is 0 Å². The zero-order chi connectivity index (χ0) is 16.0. The van der Waals surface area contributed by atoms with Gasteiger partial charge in [-0.15, -0.1) is 0 Å². The van der Waals surface area contributed by atoms with Gasteiger partial charge in [-0.3, -0.25) is 9.59 Å². The van der Waals surface area contributed by atoms with E-state index in [0.717, 1.165) is 25.7 Å². The van der Waals surface area contributed by atoms with Crippen LogP contribution in [0.25, 0.3) is 0 Å². The molecule has 0 fully saturated rings. The first-order valence-electron chi connectivity index (χ1n) is 7.13. The predicted molar refractivity (Wildman–Crippen MR) is 80.5 cm³/mol. The number of aliphatic hydroxyl groups excluding tert-OH is 2. The number of aliphatic carboxylic acids is 2. The molecule has 0 heterocycles. The highest BCUT2D eigenvalue weighted by Crippen LogP contribution is 2.24. The quantitative estimate of drug-likeness (QED) is 0.413. The molecule has 0 radical (unpaired) electrons. The van der Waals surface area contributed by atoms with Gasteiger partial charge >= 0.3 is 11.9 Å². The summed E-state index contributed by atoms with van der Waals surface area (Å²) in [5.74, 6) is -3.41. The molecule has 0 aromatic carbocycles. The fraction of sp³-hybridized carbons (Fsp3) is 0.857. The molecular weight excluding hydrogens is 278 g/mol. The molecule has 0 rings (SSSR count). The summed E-state index contributed by atoms with van der Waals surface area (Å²) < 4.78 is 0. The van der Waals surface area contributed by atoms with Gasteiger partial charge in [0.1, 0.15) is 0 Å². The van der Waals surface area contributed by atoms with Gasteiger partial charge in [0, 0.05) is 0 Å². The molecular formula is C14H31NO6. The molecule has 0 aliphatic heterocycles. The summed E-state index contributed by atoms with van der Waals surface area (Å²) in [6, 6.07) is 0. The Morgan fingerprint density at radius 1 is 0.810 bits per heavy atom. The highest BCUT2D eigenvalue weighted by Gasteiger charge is 2.32. The van der Waals surface area contributed by atoms with Gasteiger partial charge in [0.15, 0.2) is 0 Å². The van der Waals surface area contributed by atoms with Crippen LogP contribution in [0.1, 0.15) is 52.4 Å². The van der Waals surface area contributed by atoms with Crippen molar-refractivity contribution in [2.45, 2.75) is 52.4 Å². The molecule has 0 aromatic rings. The van der Waals surface area contributed by atoms with Crippen LogP contribution in [-0.4, -0.2) is 45.6 Å². The number of hydrogen-bond donors (Lipinski definition) is 5. The zero-order valence-corrected chi connectivity index (χ0v) is 13.1. The second-order valence-corrected chi connectivity index (χ2v) is 4.62. The topological polar surface area (TPSA) is 150 Å². The van der Waals surface area contributed by atoms with E-state index in [-0.39, 0.29) is 19.4 Å². The molecule has 0 amide bonds. The third-order valence-corrected chi connectivity index (χ3v) is 2.96. The summed E-state index contributed by atoms with van der Waals surface area (Å²) >= 11 is 0. The Balaban J connectivity index is -0.000000572. The van der Waals surface area contributed by atoms with Gasteiger partial charge in [-0.1, -0.05) is 39.5 Å². The number of carboxylic acids is 2. The second kappa shape index (κ2) is 16.9. The largest absolute Gasteiger partial charge is 0.481 e. The first kappa shape index (κ1) is 24.8. The minimum atomic E-state index is -0.975. The molecule has 0 aromatic heterocycles. The number of carboxylic acid groups (broad SMARTS) is 2. The van der Waals surface area contributed by atoms with Crippen molar-refractivity contribution < 1.29 is 30.0 Å². The van der Waals surface area contributed by atoms with E-state index in [9.17, 15) is 9.59 Å². The maximum absolute atomic E-state index is 11.1. The molecule has 0 saturated carbocycles. The molecule has 21 heavy (non-hydrogen) atoms. The average Bonchev–Trinajstić information content (AvgIpc) is 2.42. The summed E-state index contributed by atoms with van der Waals surface area (Å²) in [7, 11) is 0. The van der Waals surface area contributed by atoms with Crippen LogP contribution in [0, 0.1) is 11.8 Å². The van der Waals surface area contributed by atoms with Crippen LogP contribution in [0.2, 0.25) is 0 Å². The Kier molecular flexibility index (Phi) is 19.9. The van der Waals surface area contributed by atoms with Gasteiger partial charge in [-0.2, -0.15) is 0 Å². The standard InChI is InChI=1S/C12H22O4.C2H6O2.H3N/c1-3-5-7-9(11(13)14)10(12(15)16)8-6-4-2;3-1-2-4;/h9-10H,3-8H2,1-2H3,(H,13,14)(H,15,16);3-4H,1-2H2;1H3. The minimum absolute atomic E-state index is 0. The van der Waals surface area contributed by atoms with Gasteiger partial charge in [-0.25, -0.2) is 0 Å². The van der Waals surface area contributed by atoms with Gasteiger partial charge in [0.2, 0.25) is 0 Å². The van der Waals surface area contributed by atoms with Crippen LogP contribution in [0.3, 0.4) is 0 Å². The van der Waals surface area contributed by atoms with Crippen molar-refractivity contribution >= 4 is 11.9 Å². The highest BCUT2D eigenvalue weighted by atomic mass is 16.4. The lowest BCUT2D eigenvalue weighted by molar-refractivity contribution is -0.154. The van der Waals surface area contributed by atoms with Gasteiger partial charge in [-0.05, 0) is 12.8 Å². The van der Waals surface area contributed by atoms with E-state index in [2.05, 4.69) is 0 Å². The molecule has 0 spiro atoms. The summed E-state index contributed by atoms with van der Waals surface area (Å²) in [5.41, 5.74) is 0. The van der Waals surface area contributed by atoms with Crippen molar-refractivity contribution in [1.82, 2.24) is 6.15 Å². The molecule has 7 nitrogen and oxygen atoms in total. The van der Waals surface area contributed by atoms with E-state index in [4.69, 9.17) is 20.4 Å². The lowest BCUT2D eigenvalue weighted by Gasteiger charge is -2.19. The Hall–Kier alpha value is -1.18. The van der Waals surface area contributed by atoms with Gasteiger partial charge < -0.3 is 26.6 Å². The number of rotatable bonds is 10. The van der Waals surface area contributed by atoms with Crippen LogP contribution in [0.4, 0.5) is 0 Å². The maximum Gasteiger partial charge on any atom is 0.307 e. The van der Waals surface area contributed by atoms with Crippen molar-refractivity contribution in [3.63, 3.8) is 0 Å². The van der Waals surface area contributed by atoms with E-state index >= 15 is 0 Å². The van der Waals surface area contributed by atoms with E-state index in [1.54, 1.807) is 0 Å². The highest BCUT2D eigenvalue weighted by molar-refractivity contribution is 5.79. The van der Waals surface area contributed by atoms with Crippen molar-refractivity contribution in [3.8, 4) is 0 Å². The molecule has 0 saturated heterocycles. The molecule has 7 heteroatoms. The SMILES string of the molecule is CCCCC(C(=O)O)C(CCCC)C(=O)O.N.OCCO. The maximum atomic E-state index is 11.1. The smallest absolute Gasteiger partial charge is 0.307 e. The predicted octanol–water partition coefficient (Wildman–Crippen LogP) is 1.90. The second-order valence-electron chi connectivity index (χ2n) is 4.62. The third-order valence-electron chi connectivity index (χ3n) is 2.96. The minimum Gasteiger partial charge on any atom is -0.481 e. The van der Waals surface area contributed by atoms with Crippen molar-refractivity contribution in [1.29, 1.82) is 0 Å². The Morgan fingerprint density at radius 3 is 1.24 bits per heavy atom. The fourth-order valence-corrected chi connectivity index (χ4v) is 1.84. The van der Waals surface area contributed by atoms with Crippen LogP contribution in [-0.2, 0) is 9.59 Å². The van der Waals surface area contributed by atoms with Crippen LogP contribution in [0.15, 0.2) is 0 Å². The molecule has 0 aliphatic rings. The summed E-state index contributed by atoms with van der Waals surface area (Å²) in [4.78, 5) is 22.1. The summed E-state index contributed by atoms with van der Waals surface area (Å²) in [6.45, 7) is 3.70. The lowest BCUT2D eigenvalue weighted by atomic mass is 9.84. The van der Waals surface area contributed by atoms with E-state index in [1.807, 2.05) is 13.8 Å². The molecule has 128 valence electrons. The molecule has 7 N–H and O–H groups in total. The molecule has 2 unspecified atom stereocenters. The number of carbonyl (C=O) groups is 2. The van der Waals surface area contributed by atoms with E-state index in [0.29, 0.717) is 12.8 Å². The Labute approximate surface area is 126 Å². The van der Waals surface area contributed by atoms with Crippen LogP contribution in [0.5, 0.6) is 0 Å². The average molecular weight is 309 g/mol. The fourth-order valence-electron chi connectivity index (χ4n) is 1.84. The number of hydrogen-bond acceptors (Lipinski definition) is 5. The lowest BCUT2D eigenvalue weighted by Crippen LogP contribution is -2.29. The van der Waals surface area contributed by atoms with E-state index < -0.39 is 23.8 Å². The van der Waals surface area contributed by atoms with Crippen molar-refractivity contribution in [2.24, 2.45) is 11.8 Å². The van der Waals surface area contributed by atoms with Crippen LogP contribution < -0.4 is 6.15 Å². The third kappa shape index (κ3) is 13.6.